The number of rotatable bonds is 0. The molecule has 1 saturated heterocycles. The molecule has 0 radical (unpaired) electrons. The molecule has 1 aliphatic rings. The van der Waals surface area contributed by atoms with Crippen LogP contribution in [0.4, 0.5) is 0 Å². The Morgan fingerprint density at radius 2 is 1.38 bits per heavy atom. The lowest BCUT2D eigenvalue weighted by Gasteiger charge is -2.22. The quantitative estimate of drug-likeness (QED) is 0.602. The molecule has 8 heavy (non-hydrogen) atoms. The van der Waals surface area contributed by atoms with E-state index in [1.54, 1.807) is 0 Å². The van der Waals surface area contributed by atoms with Crippen LogP contribution in [0.15, 0.2) is 0 Å². The molecule has 4 heteroatoms. The van der Waals surface area contributed by atoms with Crippen molar-refractivity contribution in [2.24, 2.45) is 0 Å². The van der Waals surface area contributed by atoms with Gasteiger partial charge in [-0.15, -0.1) is 0 Å². The normalized spacial score (nSPS) is 39.8. The molecule has 0 N–H and O–H groups in total. The maximum Gasteiger partial charge on any atom is 0.148 e. The molecule has 0 aliphatic carbocycles. The first-order valence-electron chi connectivity index (χ1n) is 2.32. The minimum Gasteiger partial charge on any atom is -0.361 e. The molecule has 0 amide bonds. The fraction of sp³-hybridized carbons (Fsp3) is 1.00. The van der Waals surface area contributed by atoms with Crippen LogP contribution in [0.2, 0.25) is 0 Å². The summed E-state index contributed by atoms with van der Waals surface area (Å²) in [5.41, 5.74) is 0. The Morgan fingerprint density at radius 1 is 1.00 bits per heavy atom. The third-order valence-electron chi connectivity index (χ3n) is 0.844. The van der Waals surface area contributed by atoms with Crippen LogP contribution < -0.4 is 0 Å². The molecule has 0 unspecified atom stereocenters. The molecular weight excluding hydrogens is 240 g/mol. The Bertz CT molecular complexity index is 68.4. The van der Waals surface area contributed by atoms with Crippen molar-refractivity contribution < 1.29 is 9.47 Å². The Hall–Kier alpha value is 0.880. The molecule has 0 bridgehead atoms. The minimum atomic E-state index is 0.0104. The van der Waals surface area contributed by atoms with Gasteiger partial charge in [-0.1, -0.05) is 31.9 Å². The summed E-state index contributed by atoms with van der Waals surface area (Å²) in [5, 5.41) is 0.0208. The van der Waals surface area contributed by atoms with Crippen LogP contribution in [0.3, 0.4) is 0 Å². The first kappa shape index (κ1) is 6.99. The van der Waals surface area contributed by atoms with E-state index in [2.05, 4.69) is 31.9 Å². The topological polar surface area (TPSA) is 18.5 Å². The predicted octanol–water partition coefficient (Wildman–Crippen LogP) is 1.48. The summed E-state index contributed by atoms with van der Waals surface area (Å²) in [4.78, 5) is 0. The molecule has 0 aromatic carbocycles. The second-order valence-corrected chi connectivity index (χ2v) is 3.25. The van der Waals surface area contributed by atoms with Crippen molar-refractivity contribution in [3.63, 3.8) is 0 Å². The summed E-state index contributed by atoms with van der Waals surface area (Å²) in [6.07, 6.45) is 0. The number of hydrogen-bond acceptors (Lipinski definition) is 2. The Labute approximate surface area is 64.8 Å². The Morgan fingerprint density at radius 3 is 1.62 bits per heavy atom. The predicted molar refractivity (Wildman–Crippen MR) is 37.3 cm³/mol. The van der Waals surface area contributed by atoms with Crippen LogP contribution in [-0.2, 0) is 9.47 Å². The summed E-state index contributed by atoms with van der Waals surface area (Å²) in [6, 6.07) is 0. The summed E-state index contributed by atoms with van der Waals surface area (Å²) in [6.45, 7) is 1.36. The molecule has 1 aliphatic heterocycles. The Kier molecular flexibility index (Phi) is 2.75. The van der Waals surface area contributed by atoms with Crippen LogP contribution in [0, 0.1) is 0 Å². The highest BCUT2D eigenvalue weighted by molar-refractivity contribution is 9.12. The van der Waals surface area contributed by atoms with Gasteiger partial charge in [-0.25, -0.2) is 0 Å². The van der Waals surface area contributed by atoms with E-state index in [0.29, 0.717) is 13.2 Å². The SMILES string of the molecule is Br[C@@H]1OCCO[C@@H]1Br. The van der Waals surface area contributed by atoms with Crippen molar-refractivity contribution in [2.75, 3.05) is 13.2 Å². The van der Waals surface area contributed by atoms with E-state index in [1.165, 1.54) is 0 Å². The molecule has 0 saturated carbocycles. The highest BCUT2D eigenvalue weighted by Gasteiger charge is 2.20. The van der Waals surface area contributed by atoms with Gasteiger partial charge in [0.25, 0.3) is 0 Å². The maximum atomic E-state index is 5.13. The number of halogens is 2. The van der Waals surface area contributed by atoms with Crippen LogP contribution in [0.25, 0.3) is 0 Å². The second-order valence-electron chi connectivity index (χ2n) is 1.44. The zero-order valence-electron chi connectivity index (χ0n) is 4.14. The number of alkyl halides is 2. The summed E-state index contributed by atoms with van der Waals surface area (Å²) < 4.78 is 10.3. The highest BCUT2D eigenvalue weighted by Crippen LogP contribution is 2.19. The van der Waals surface area contributed by atoms with Crippen LogP contribution in [-0.4, -0.2) is 23.2 Å². The van der Waals surface area contributed by atoms with Gasteiger partial charge in [0.2, 0.25) is 0 Å². The summed E-state index contributed by atoms with van der Waals surface area (Å²) in [7, 11) is 0. The van der Waals surface area contributed by atoms with Crippen molar-refractivity contribution in [3.8, 4) is 0 Å². The van der Waals surface area contributed by atoms with Gasteiger partial charge in [-0.2, -0.15) is 0 Å². The van der Waals surface area contributed by atoms with Crippen molar-refractivity contribution in [2.45, 2.75) is 10.0 Å². The van der Waals surface area contributed by atoms with Gasteiger partial charge in [0, 0.05) is 0 Å². The van der Waals surface area contributed by atoms with Crippen LogP contribution >= 0.6 is 31.9 Å². The number of hydrogen-bond donors (Lipinski definition) is 0. The van der Waals surface area contributed by atoms with E-state index in [-0.39, 0.29) is 10.0 Å². The van der Waals surface area contributed by atoms with Gasteiger partial charge in [-0.3, -0.25) is 0 Å². The second kappa shape index (κ2) is 3.15. The van der Waals surface area contributed by atoms with E-state index in [0.717, 1.165) is 0 Å². The number of ether oxygens (including phenoxy) is 2. The van der Waals surface area contributed by atoms with Gasteiger partial charge in [0.15, 0.2) is 0 Å². The van der Waals surface area contributed by atoms with Crippen molar-refractivity contribution in [3.05, 3.63) is 0 Å². The highest BCUT2D eigenvalue weighted by atomic mass is 79.9. The van der Waals surface area contributed by atoms with E-state index in [1.807, 2.05) is 0 Å². The third-order valence-corrected chi connectivity index (χ3v) is 3.04. The van der Waals surface area contributed by atoms with Crippen molar-refractivity contribution in [1.82, 2.24) is 0 Å². The van der Waals surface area contributed by atoms with Gasteiger partial charge in [0.1, 0.15) is 10.0 Å². The lowest BCUT2D eigenvalue weighted by atomic mass is 10.6. The molecule has 0 aromatic rings. The summed E-state index contributed by atoms with van der Waals surface area (Å²) in [5.74, 6) is 0. The smallest absolute Gasteiger partial charge is 0.148 e. The van der Waals surface area contributed by atoms with Gasteiger partial charge >= 0.3 is 0 Å². The third kappa shape index (κ3) is 1.69. The van der Waals surface area contributed by atoms with E-state index in [4.69, 9.17) is 9.47 Å². The lowest BCUT2D eigenvalue weighted by Crippen LogP contribution is -2.29. The minimum absolute atomic E-state index is 0.0104. The van der Waals surface area contributed by atoms with E-state index >= 15 is 0 Å². The monoisotopic (exact) mass is 244 g/mol. The van der Waals surface area contributed by atoms with E-state index < -0.39 is 0 Å². The van der Waals surface area contributed by atoms with Gasteiger partial charge in [0.05, 0.1) is 13.2 Å². The molecular formula is C4H6Br2O2. The van der Waals surface area contributed by atoms with Crippen LogP contribution in [0.1, 0.15) is 0 Å². The Balaban J connectivity index is 2.28. The van der Waals surface area contributed by atoms with Crippen molar-refractivity contribution in [1.29, 1.82) is 0 Å². The molecule has 0 aromatic heterocycles. The molecule has 0 spiro atoms. The summed E-state index contributed by atoms with van der Waals surface area (Å²) >= 11 is 6.52. The van der Waals surface area contributed by atoms with Crippen molar-refractivity contribution >= 4 is 31.9 Å². The zero-order valence-corrected chi connectivity index (χ0v) is 7.31. The van der Waals surface area contributed by atoms with Gasteiger partial charge in [-0.05, 0) is 0 Å². The fourth-order valence-corrected chi connectivity index (χ4v) is 1.15. The first-order chi connectivity index (χ1) is 3.80. The fourth-order valence-electron chi connectivity index (χ4n) is 0.473. The molecule has 2 nitrogen and oxygen atoms in total. The molecule has 1 heterocycles. The van der Waals surface area contributed by atoms with Crippen LogP contribution in [0.5, 0.6) is 0 Å². The average molecular weight is 246 g/mol. The standard InChI is InChI=1S/C4H6Br2O2/c5-3-4(6)8-2-1-7-3/h3-4H,1-2H2/t3-,4+. The average Bonchev–Trinajstić information content (AvgIpc) is 1.77. The van der Waals surface area contributed by atoms with Gasteiger partial charge < -0.3 is 9.47 Å². The molecule has 1 fully saturated rings. The first-order valence-corrected chi connectivity index (χ1v) is 4.15. The lowest BCUT2D eigenvalue weighted by molar-refractivity contribution is -0.0603. The molecule has 2 atom stereocenters. The zero-order chi connectivity index (χ0) is 5.98. The largest absolute Gasteiger partial charge is 0.361 e. The van der Waals surface area contributed by atoms with E-state index in [9.17, 15) is 0 Å². The molecule has 1 rings (SSSR count). The molecule has 48 valence electrons. The maximum absolute atomic E-state index is 5.13.